The first kappa shape index (κ1) is 19.8. The van der Waals surface area contributed by atoms with Crippen molar-refractivity contribution in [3.63, 3.8) is 0 Å². The van der Waals surface area contributed by atoms with E-state index in [0.29, 0.717) is 24.3 Å². The summed E-state index contributed by atoms with van der Waals surface area (Å²) in [6.45, 7) is 4.55. The third-order valence-corrected chi connectivity index (χ3v) is 7.01. The smallest absolute Gasteiger partial charge is 0.406 e. The number of hydrogen-bond donors (Lipinski definition) is 1. The zero-order valence-electron chi connectivity index (χ0n) is 16.2. The number of piperidine rings is 1. The first-order chi connectivity index (χ1) is 14.4. The van der Waals surface area contributed by atoms with Crippen molar-refractivity contribution < 1.29 is 17.9 Å². The van der Waals surface area contributed by atoms with Gasteiger partial charge in [0.05, 0.1) is 16.8 Å². The third-order valence-electron chi connectivity index (χ3n) is 5.99. The largest absolute Gasteiger partial charge is 0.573 e. The van der Waals surface area contributed by atoms with E-state index in [1.165, 1.54) is 21.8 Å². The molecule has 158 valence electrons. The van der Waals surface area contributed by atoms with E-state index in [1.807, 2.05) is 18.2 Å². The van der Waals surface area contributed by atoms with E-state index in [4.69, 9.17) is 4.98 Å². The SMILES string of the molecule is FC(F)(F)Oc1cccc(CNCC2C3CN(Cc4nc5ccccc5s4)CC23)c1. The first-order valence-electron chi connectivity index (χ1n) is 10.1. The van der Waals surface area contributed by atoms with Crippen LogP contribution in [0.2, 0.25) is 0 Å². The fraction of sp³-hybridized carbons (Fsp3) is 0.409. The molecule has 8 heteroatoms. The maximum Gasteiger partial charge on any atom is 0.573 e. The number of halogens is 3. The minimum atomic E-state index is -4.66. The van der Waals surface area contributed by atoms with E-state index in [9.17, 15) is 13.2 Å². The summed E-state index contributed by atoms with van der Waals surface area (Å²) in [6.07, 6.45) is -4.66. The highest BCUT2D eigenvalue weighted by molar-refractivity contribution is 7.18. The van der Waals surface area contributed by atoms with Crippen LogP contribution >= 0.6 is 11.3 Å². The second kappa shape index (κ2) is 7.83. The van der Waals surface area contributed by atoms with Crippen molar-refractivity contribution >= 4 is 21.6 Å². The number of rotatable bonds is 7. The van der Waals surface area contributed by atoms with Crippen molar-refractivity contribution in [1.29, 1.82) is 0 Å². The van der Waals surface area contributed by atoms with Crippen LogP contribution in [0.1, 0.15) is 10.6 Å². The van der Waals surface area contributed by atoms with Crippen molar-refractivity contribution in [2.45, 2.75) is 19.5 Å². The molecular weight excluding hydrogens is 411 g/mol. The number of nitrogens with zero attached hydrogens (tertiary/aromatic N) is 2. The van der Waals surface area contributed by atoms with Crippen molar-refractivity contribution in [3.05, 3.63) is 59.1 Å². The number of ether oxygens (including phenoxy) is 1. The Balaban J connectivity index is 1.06. The fourth-order valence-electron chi connectivity index (χ4n) is 4.58. The van der Waals surface area contributed by atoms with Crippen LogP contribution in [-0.4, -0.2) is 35.9 Å². The van der Waals surface area contributed by atoms with Gasteiger partial charge in [-0.2, -0.15) is 0 Å². The molecule has 1 saturated heterocycles. The lowest BCUT2D eigenvalue weighted by Gasteiger charge is -2.18. The normalized spacial score (nSPS) is 23.6. The molecule has 1 aliphatic heterocycles. The average Bonchev–Trinajstić information content (AvgIpc) is 3.03. The minimum absolute atomic E-state index is 0.171. The Hall–Kier alpha value is -2.16. The Labute approximate surface area is 176 Å². The van der Waals surface area contributed by atoms with Gasteiger partial charge in [-0.05, 0) is 54.1 Å². The molecule has 2 heterocycles. The summed E-state index contributed by atoms with van der Waals surface area (Å²) in [7, 11) is 0. The van der Waals surface area contributed by atoms with Gasteiger partial charge < -0.3 is 10.1 Å². The molecule has 2 aromatic carbocycles. The number of aromatic nitrogens is 1. The number of para-hydroxylation sites is 1. The lowest BCUT2D eigenvalue weighted by Crippen LogP contribution is -2.27. The molecule has 1 aliphatic carbocycles. The average molecular weight is 433 g/mol. The Bertz CT molecular complexity index is 993. The summed E-state index contributed by atoms with van der Waals surface area (Å²) in [4.78, 5) is 7.22. The second-order valence-corrected chi connectivity index (χ2v) is 9.20. The molecule has 2 unspecified atom stereocenters. The highest BCUT2D eigenvalue weighted by Crippen LogP contribution is 2.51. The van der Waals surface area contributed by atoms with Crippen LogP contribution in [0.25, 0.3) is 10.2 Å². The molecule has 0 bridgehead atoms. The fourth-order valence-corrected chi connectivity index (χ4v) is 5.59. The highest BCUT2D eigenvalue weighted by atomic mass is 32.1. The number of benzene rings is 2. The monoisotopic (exact) mass is 433 g/mol. The molecule has 0 amide bonds. The molecule has 3 aromatic rings. The summed E-state index contributed by atoms with van der Waals surface area (Å²) in [5.74, 6) is 1.92. The number of hydrogen-bond acceptors (Lipinski definition) is 5. The summed E-state index contributed by atoms with van der Waals surface area (Å²) >= 11 is 1.77. The molecule has 4 nitrogen and oxygen atoms in total. The van der Waals surface area contributed by atoms with Gasteiger partial charge >= 0.3 is 6.36 Å². The molecule has 2 aliphatic rings. The third kappa shape index (κ3) is 4.45. The van der Waals surface area contributed by atoms with E-state index >= 15 is 0 Å². The predicted octanol–water partition coefficient (Wildman–Crippen LogP) is 4.66. The number of thiazole rings is 1. The lowest BCUT2D eigenvalue weighted by atomic mass is 10.2. The predicted molar refractivity (Wildman–Crippen MR) is 110 cm³/mol. The van der Waals surface area contributed by atoms with Crippen molar-refractivity contribution in [3.8, 4) is 5.75 Å². The van der Waals surface area contributed by atoms with E-state index in [0.717, 1.165) is 37.3 Å². The van der Waals surface area contributed by atoms with Crippen molar-refractivity contribution in [1.82, 2.24) is 15.2 Å². The van der Waals surface area contributed by atoms with Gasteiger partial charge in [0.25, 0.3) is 0 Å². The van der Waals surface area contributed by atoms with Crippen LogP contribution in [0.3, 0.4) is 0 Å². The molecule has 2 atom stereocenters. The molecule has 2 fully saturated rings. The van der Waals surface area contributed by atoms with Gasteiger partial charge in [-0.3, -0.25) is 4.90 Å². The number of nitrogens with one attached hydrogen (secondary N) is 1. The number of alkyl halides is 3. The van der Waals surface area contributed by atoms with Crippen LogP contribution in [-0.2, 0) is 13.1 Å². The molecule has 0 spiro atoms. The maximum atomic E-state index is 12.3. The zero-order valence-corrected chi connectivity index (χ0v) is 17.0. The summed E-state index contributed by atoms with van der Waals surface area (Å²) in [5.41, 5.74) is 1.87. The van der Waals surface area contributed by atoms with Gasteiger partial charge in [0.15, 0.2) is 0 Å². The number of fused-ring (bicyclic) bond motifs is 2. The van der Waals surface area contributed by atoms with Gasteiger partial charge in [0.2, 0.25) is 0 Å². The topological polar surface area (TPSA) is 37.4 Å². The van der Waals surface area contributed by atoms with Gasteiger partial charge in [-0.1, -0.05) is 24.3 Å². The van der Waals surface area contributed by atoms with E-state index < -0.39 is 6.36 Å². The lowest BCUT2D eigenvalue weighted by molar-refractivity contribution is -0.274. The summed E-state index contributed by atoms with van der Waals surface area (Å²) < 4.78 is 42.3. The molecule has 1 aromatic heterocycles. The van der Waals surface area contributed by atoms with Gasteiger partial charge in [-0.25, -0.2) is 4.98 Å². The molecule has 1 saturated carbocycles. The van der Waals surface area contributed by atoms with Gasteiger partial charge in [0.1, 0.15) is 10.8 Å². The van der Waals surface area contributed by atoms with E-state index in [1.54, 1.807) is 17.4 Å². The Morgan fingerprint density at radius 2 is 1.90 bits per heavy atom. The number of likely N-dealkylation sites (tertiary alicyclic amines) is 1. The molecule has 1 N–H and O–H groups in total. The van der Waals surface area contributed by atoms with E-state index in [-0.39, 0.29) is 5.75 Å². The molecule has 30 heavy (non-hydrogen) atoms. The quantitative estimate of drug-likeness (QED) is 0.588. The second-order valence-electron chi connectivity index (χ2n) is 8.09. The zero-order chi connectivity index (χ0) is 20.7. The van der Waals surface area contributed by atoms with Gasteiger partial charge in [0, 0.05) is 19.6 Å². The standard InChI is InChI=1S/C22H22F3N3OS/c23-22(24,25)29-15-5-3-4-14(8-15)9-26-10-16-17-11-28(12-18(16)17)13-21-27-19-6-1-2-7-20(19)30-21/h1-8,16-18,26H,9-13H2. The van der Waals surface area contributed by atoms with Gasteiger partial charge in [-0.15, -0.1) is 24.5 Å². The summed E-state index contributed by atoms with van der Waals surface area (Å²) in [5, 5.41) is 4.57. The summed E-state index contributed by atoms with van der Waals surface area (Å²) in [6, 6.07) is 14.4. The molecule has 0 radical (unpaired) electrons. The molecular formula is C22H22F3N3OS. The van der Waals surface area contributed by atoms with Crippen LogP contribution in [0.4, 0.5) is 13.2 Å². The Kier molecular flexibility index (Phi) is 5.16. The van der Waals surface area contributed by atoms with E-state index in [2.05, 4.69) is 27.1 Å². The van der Waals surface area contributed by atoms with Crippen molar-refractivity contribution in [2.75, 3.05) is 19.6 Å². The highest BCUT2D eigenvalue weighted by Gasteiger charge is 2.54. The van der Waals surface area contributed by atoms with Crippen LogP contribution < -0.4 is 10.1 Å². The first-order valence-corrected chi connectivity index (χ1v) is 10.9. The van der Waals surface area contributed by atoms with Crippen LogP contribution in [0, 0.1) is 17.8 Å². The molecule has 5 rings (SSSR count). The minimum Gasteiger partial charge on any atom is -0.406 e. The van der Waals surface area contributed by atoms with Crippen LogP contribution in [0.15, 0.2) is 48.5 Å². The van der Waals surface area contributed by atoms with Crippen molar-refractivity contribution in [2.24, 2.45) is 17.8 Å². The Morgan fingerprint density at radius 3 is 2.67 bits per heavy atom. The van der Waals surface area contributed by atoms with Crippen LogP contribution in [0.5, 0.6) is 5.75 Å². The Morgan fingerprint density at radius 1 is 1.10 bits per heavy atom. The maximum absolute atomic E-state index is 12.3.